The summed E-state index contributed by atoms with van der Waals surface area (Å²) in [6, 6.07) is 8.09. The molecule has 2 amide bonds. The summed E-state index contributed by atoms with van der Waals surface area (Å²) >= 11 is 1.44. The maximum absolute atomic E-state index is 12.4. The van der Waals surface area contributed by atoms with E-state index in [0.717, 1.165) is 16.4 Å². The van der Waals surface area contributed by atoms with Gasteiger partial charge in [0.2, 0.25) is 11.8 Å². The van der Waals surface area contributed by atoms with Gasteiger partial charge in [0.05, 0.1) is 11.4 Å². The number of imidazole rings is 1. The topological polar surface area (TPSA) is 81.2 Å². The van der Waals surface area contributed by atoms with Crippen LogP contribution in [0.5, 0.6) is 0 Å². The zero-order valence-corrected chi connectivity index (χ0v) is 15.0. The van der Waals surface area contributed by atoms with Gasteiger partial charge in [-0.25, -0.2) is 4.98 Å². The second-order valence-corrected chi connectivity index (χ2v) is 7.15. The molecule has 0 aliphatic carbocycles. The van der Waals surface area contributed by atoms with E-state index in [0.29, 0.717) is 31.7 Å². The minimum atomic E-state index is -0.262. The lowest BCUT2D eigenvalue weighted by Gasteiger charge is -2.30. The summed E-state index contributed by atoms with van der Waals surface area (Å²) in [6.45, 7) is 3.25. The van der Waals surface area contributed by atoms with Crippen molar-refractivity contribution in [1.82, 2.24) is 14.5 Å². The Morgan fingerprint density at radius 3 is 2.68 bits per heavy atom. The average molecular weight is 358 g/mol. The first-order chi connectivity index (χ1) is 12.1. The zero-order valence-electron chi connectivity index (χ0n) is 14.2. The summed E-state index contributed by atoms with van der Waals surface area (Å²) in [5.41, 5.74) is 7.56. The first-order valence-corrected chi connectivity index (χ1v) is 9.34. The lowest BCUT2D eigenvalue weighted by atomic mass is 9.96. The Balaban J connectivity index is 1.60. The van der Waals surface area contributed by atoms with Crippen LogP contribution >= 0.6 is 11.8 Å². The normalized spacial score (nSPS) is 15.3. The lowest BCUT2D eigenvalue weighted by Crippen LogP contribution is -2.42. The van der Waals surface area contributed by atoms with E-state index in [2.05, 4.69) is 18.0 Å². The minimum Gasteiger partial charge on any atom is -0.369 e. The largest absolute Gasteiger partial charge is 0.369 e. The molecule has 1 aliphatic heterocycles. The predicted octanol–water partition coefficient (Wildman–Crippen LogP) is 2.00. The van der Waals surface area contributed by atoms with E-state index in [1.54, 1.807) is 6.20 Å². The first-order valence-electron chi connectivity index (χ1n) is 8.35. The third kappa shape index (κ3) is 4.04. The van der Waals surface area contributed by atoms with Crippen molar-refractivity contribution in [3.8, 4) is 5.69 Å². The number of carbonyl (C=O) groups excluding carboxylic acids is 2. The van der Waals surface area contributed by atoms with Crippen molar-refractivity contribution in [3.05, 3.63) is 42.2 Å². The molecule has 132 valence electrons. The van der Waals surface area contributed by atoms with Gasteiger partial charge < -0.3 is 10.6 Å². The summed E-state index contributed by atoms with van der Waals surface area (Å²) in [4.78, 5) is 29.8. The molecule has 25 heavy (non-hydrogen) atoms. The third-order valence-corrected chi connectivity index (χ3v) is 5.51. The number of carbonyl (C=O) groups is 2. The van der Waals surface area contributed by atoms with Crippen molar-refractivity contribution in [1.29, 1.82) is 0 Å². The zero-order chi connectivity index (χ0) is 17.8. The maximum Gasteiger partial charge on any atom is 0.233 e. The van der Waals surface area contributed by atoms with Crippen molar-refractivity contribution in [2.24, 2.45) is 11.7 Å². The molecule has 3 rings (SSSR count). The molecular weight excluding hydrogens is 336 g/mol. The summed E-state index contributed by atoms with van der Waals surface area (Å²) < 4.78 is 2.01. The van der Waals surface area contributed by atoms with Gasteiger partial charge in [0.1, 0.15) is 0 Å². The average Bonchev–Trinajstić information content (AvgIpc) is 3.08. The van der Waals surface area contributed by atoms with Crippen LogP contribution in [0, 0.1) is 12.8 Å². The fourth-order valence-corrected chi connectivity index (χ4v) is 3.91. The number of piperidine rings is 1. The van der Waals surface area contributed by atoms with Gasteiger partial charge >= 0.3 is 0 Å². The van der Waals surface area contributed by atoms with Gasteiger partial charge in [-0.3, -0.25) is 14.2 Å². The Morgan fingerprint density at radius 2 is 2.00 bits per heavy atom. The van der Waals surface area contributed by atoms with Crippen molar-refractivity contribution in [2.45, 2.75) is 24.9 Å². The highest BCUT2D eigenvalue weighted by Crippen LogP contribution is 2.24. The van der Waals surface area contributed by atoms with E-state index in [4.69, 9.17) is 5.73 Å². The van der Waals surface area contributed by atoms with E-state index in [1.807, 2.05) is 33.9 Å². The minimum absolute atomic E-state index is 0.0762. The second-order valence-electron chi connectivity index (χ2n) is 6.21. The summed E-state index contributed by atoms with van der Waals surface area (Å²) in [5, 5.41) is 0.801. The van der Waals surface area contributed by atoms with Crippen molar-refractivity contribution in [2.75, 3.05) is 18.8 Å². The molecule has 1 aromatic carbocycles. The molecule has 1 saturated heterocycles. The van der Waals surface area contributed by atoms with E-state index < -0.39 is 0 Å². The van der Waals surface area contributed by atoms with Crippen LogP contribution in [0.25, 0.3) is 5.69 Å². The smallest absolute Gasteiger partial charge is 0.233 e. The molecule has 2 heterocycles. The molecule has 0 bridgehead atoms. The number of nitrogens with two attached hydrogens (primary N) is 1. The number of benzene rings is 1. The number of para-hydroxylation sites is 1. The Bertz CT molecular complexity index is 766. The number of thioether (sulfide) groups is 1. The molecule has 0 saturated carbocycles. The summed E-state index contributed by atoms with van der Waals surface area (Å²) in [6.07, 6.45) is 4.97. The molecule has 2 aromatic rings. The first kappa shape index (κ1) is 17.5. The monoisotopic (exact) mass is 358 g/mol. The number of hydrogen-bond donors (Lipinski definition) is 1. The van der Waals surface area contributed by atoms with E-state index in [1.165, 1.54) is 11.8 Å². The highest BCUT2D eigenvalue weighted by Gasteiger charge is 2.26. The Kier molecular flexibility index (Phi) is 5.43. The Hall–Kier alpha value is -2.28. The third-order valence-electron chi connectivity index (χ3n) is 4.56. The summed E-state index contributed by atoms with van der Waals surface area (Å²) in [7, 11) is 0. The standard InChI is InChI=1S/C18H22N4O2S/c1-13-4-2-3-5-15(13)22-11-8-20-18(22)25-12-16(23)21-9-6-14(7-10-21)17(19)24/h2-5,8,11,14H,6-7,9-10,12H2,1H3,(H2,19,24). The fraction of sp³-hybridized carbons (Fsp3) is 0.389. The Labute approximate surface area is 151 Å². The summed E-state index contributed by atoms with van der Waals surface area (Å²) in [5.74, 6) is 0.0510. The van der Waals surface area contributed by atoms with E-state index in [9.17, 15) is 9.59 Å². The van der Waals surface area contributed by atoms with Crippen LogP contribution in [0.3, 0.4) is 0 Å². The van der Waals surface area contributed by atoms with Crippen LogP contribution in [-0.2, 0) is 9.59 Å². The van der Waals surface area contributed by atoms with Crippen molar-refractivity contribution >= 4 is 23.6 Å². The lowest BCUT2D eigenvalue weighted by molar-refractivity contribution is -0.132. The van der Waals surface area contributed by atoms with E-state index >= 15 is 0 Å². The highest BCUT2D eigenvalue weighted by atomic mass is 32.2. The number of primary amides is 1. The van der Waals surface area contributed by atoms with Crippen molar-refractivity contribution < 1.29 is 9.59 Å². The van der Waals surface area contributed by atoms with Crippen LogP contribution in [0.4, 0.5) is 0 Å². The molecule has 0 spiro atoms. The van der Waals surface area contributed by atoms with Crippen LogP contribution in [0.15, 0.2) is 41.8 Å². The van der Waals surface area contributed by atoms with Gasteiger partial charge in [0.15, 0.2) is 5.16 Å². The molecule has 0 unspecified atom stereocenters. The molecular formula is C18H22N4O2S. The van der Waals surface area contributed by atoms with Gasteiger partial charge in [0, 0.05) is 31.4 Å². The molecule has 6 nitrogen and oxygen atoms in total. The fourth-order valence-electron chi connectivity index (χ4n) is 3.04. The number of nitrogens with zero attached hydrogens (tertiary/aromatic N) is 3. The number of hydrogen-bond acceptors (Lipinski definition) is 4. The molecule has 0 radical (unpaired) electrons. The number of likely N-dealkylation sites (tertiary alicyclic amines) is 1. The van der Waals surface area contributed by atoms with Crippen LogP contribution in [0.1, 0.15) is 18.4 Å². The molecule has 1 aliphatic rings. The molecule has 2 N–H and O–H groups in total. The van der Waals surface area contributed by atoms with Gasteiger partial charge in [0.25, 0.3) is 0 Å². The molecule has 0 atom stereocenters. The predicted molar refractivity (Wildman–Crippen MR) is 97.5 cm³/mol. The molecule has 1 aromatic heterocycles. The maximum atomic E-state index is 12.4. The number of amides is 2. The van der Waals surface area contributed by atoms with Gasteiger partial charge in [-0.15, -0.1) is 0 Å². The van der Waals surface area contributed by atoms with Crippen molar-refractivity contribution in [3.63, 3.8) is 0 Å². The van der Waals surface area contributed by atoms with Crippen LogP contribution < -0.4 is 5.73 Å². The van der Waals surface area contributed by atoms with Gasteiger partial charge in [-0.2, -0.15) is 0 Å². The molecule has 7 heteroatoms. The van der Waals surface area contributed by atoms with Crippen LogP contribution in [-0.4, -0.2) is 45.1 Å². The molecule has 1 fully saturated rings. The highest BCUT2D eigenvalue weighted by molar-refractivity contribution is 7.99. The quantitative estimate of drug-likeness (QED) is 0.829. The van der Waals surface area contributed by atoms with Crippen LogP contribution in [0.2, 0.25) is 0 Å². The number of aromatic nitrogens is 2. The SMILES string of the molecule is Cc1ccccc1-n1ccnc1SCC(=O)N1CCC(C(N)=O)CC1. The number of aryl methyl sites for hydroxylation is 1. The number of rotatable bonds is 5. The van der Waals surface area contributed by atoms with Gasteiger partial charge in [-0.1, -0.05) is 30.0 Å². The van der Waals surface area contributed by atoms with E-state index in [-0.39, 0.29) is 17.7 Å². The Morgan fingerprint density at radius 1 is 1.28 bits per heavy atom. The second kappa shape index (κ2) is 7.74. The van der Waals surface area contributed by atoms with Gasteiger partial charge in [-0.05, 0) is 31.4 Å².